The number of aromatic nitrogens is 2. The van der Waals surface area contributed by atoms with Crippen LogP contribution in [0.1, 0.15) is 45.3 Å². The molecule has 19 heavy (non-hydrogen) atoms. The summed E-state index contributed by atoms with van der Waals surface area (Å²) in [4.78, 5) is 11.6. The summed E-state index contributed by atoms with van der Waals surface area (Å²) in [5.74, 6) is 0. The molecule has 1 fully saturated rings. The molecule has 0 aliphatic heterocycles. The smallest absolute Gasteiger partial charge is 0.407 e. The first-order valence-corrected chi connectivity index (χ1v) is 6.52. The van der Waals surface area contributed by atoms with E-state index in [-0.39, 0.29) is 18.7 Å². The van der Waals surface area contributed by atoms with Gasteiger partial charge in [-0.3, -0.25) is 4.68 Å². The van der Waals surface area contributed by atoms with E-state index < -0.39 is 5.60 Å². The summed E-state index contributed by atoms with van der Waals surface area (Å²) >= 11 is 0. The quantitative estimate of drug-likeness (QED) is 0.872. The second-order valence-corrected chi connectivity index (χ2v) is 5.91. The molecular formula is C13H21N3O3. The van der Waals surface area contributed by atoms with Crippen LogP contribution in [0.4, 0.5) is 4.79 Å². The molecule has 6 heteroatoms. The Morgan fingerprint density at radius 3 is 2.79 bits per heavy atom. The van der Waals surface area contributed by atoms with E-state index in [1.54, 1.807) is 6.07 Å². The van der Waals surface area contributed by atoms with Crippen LogP contribution in [0.2, 0.25) is 0 Å². The van der Waals surface area contributed by atoms with Gasteiger partial charge in [0.25, 0.3) is 0 Å². The van der Waals surface area contributed by atoms with Crippen LogP contribution in [0, 0.1) is 0 Å². The third-order valence-corrected chi connectivity index (χ3v) is 3.03. The Morgan fingerprint density at radius 1 is 1.58 bits per heavy atom. The van der Waals surface area contributed by atoms with Crippen molar-refractivity contribution in [1.29, 1.82) is 0 Å². The molecule has 1 aliphatic carbocycles. The monoisotopic (exact) mass is 267 g/mol. The number of hydrogen-bond donors (Lipinski definition) is 2. The lowest BCUT2D eigenvalue weighted by Crippen LogP contribution is -2.46. The molecule has 0 bridgehead atoms. The molecule has 0 unspecified atom stereocenters. The SMILES string of the molecule is CC(C)(C)OC(=O)N[C@H]1C[C@@H](n2ccc(CO)n2)C1. The topological polar surface area (TPSA) is 76.4 Å². The Labute approximate surface area is 112 Å². The molecule has 2 N–H and O–H groups in total. The lowest BCUT2D eigenvalue weighted by atomic mass is 9.87. The van der Waals surface area contributed by atoms with Crippen LogP contribution in [0.5, 0.6) is 0 Å². The number of nitrogens with one attached hydrogen (secondary N) is 1. The molecule has 0 radical (unpaired) electrons. The van der Waals surface area contributed by atoms with Gasteiger partial charge in [0.05, 0.1) is 18.3 Å². The van der Waals surface area contributed by atoms with Gasteiger partial charge < -0.3 is 15.2 Å². The van der Waals surface area contributed by atoms with E-state index in [1.807, 2.05) is 31.6 Å². The van der Waals surface area contributed by atoms with Crippen molar-refractivity contribution >= 4 is 6.09 Å². The van der Waals surface area contributed by atoms with Crippen molar-refractivity contribution < 1.29 is 14.6 Å². The molecule has 1 saturated carbocycles. The maximum atomic E-state index is 11.6. The molecule has 1 amide bonds. The van der Waals surface area contributed by atoms with Crippen molar-refractivity contribution in [2.24, 2.45) is 0 Å². The van der Waals surface area contributed by atoms with E-state index >= 15 is 0 Å². The predicted octanol–water partition coefficient (Wildman–Crippen LogP) is 1.60. The first kappa shape index (κ1) is 13.9. The number of aliphatic hydroxyl groups excluding tert-OH is 1. The van der Waals surface area contributed by atoms with Crippen LogP contribution in [0.15, 0.2) is 12.3 Å². The van der Waals surface area contributed by atoms with Gasteiger partial charge in [-0.2, -0.15) is 5.10 Å². The zero-order chi connectivity index (χ0) is 14.0. The van der Waals surface area contributed by atoms with Gasteiger partial charge in [-0.05, 0) is 39.7 Å². The predicted molar refractivity (Wildman–Crippen MR) is 69.6 cm³/mol. The zero-order valence-corrected chi connectivity index (χ0v) is 11.6. The van der Waals surface area contributed by atoms with E-state index in [1.165, 1.54) is 0 Å². The number of nitrogens with zero attached hydrogens (tertiary/aromatic N) is 2. The fourth-order valence-corrected chi connectivity index (χ4v) is 2.06. The summed E-state index contributed by atoms with van der Waals surface area (Å²) in [6.45, 7) is 5.49. The Bertz CT molecular complexity index is 444. The number of alkyl carbamates (subject to hydrolysis) is 1. The Kier molecular flexibility index (Phi) is 3.80. The van der Waals surface area contributed by atoms with E-state index in [0.717, 1.165) is 12.8 Å². The zero-order valence-electron chi connectivity index (χ0n) is 11.6. The normalized spacial score (nSPS) is 22.7. The third-order valence-electron chi connectivity index (χ3n) is 3.03. The van der Waals surface area contributed by atoms with Crippen molar-refractivity contribution in [2.75, 3.05) is 0 Å². The van der Waals surface area contributed by atoms with E-state index in [2.05, 4.69) is 10.4 Å². The first-order valence-electron chi connectivity index (χ1n) is 6.52. The number of amides is 1. The van der Waals surface area contributed by atoms with Crippen molar-refractivity contribution in [3.8, 4) is 0 Å². The fraction of sp³-hybridized carbons (Fsp3) is 0.692. The van der Waals surface area contributed by atoms with Crippen LogP contribution in [-0.2, 0) is 11.3 Å². The van der Waals surface area contributed by atoms with Crippen LogP contribution in [0.25, 0.3) is 0 Å². The average Bonchev–Trinajstić information content (AvgIpc) is 2.68. The number of carbonyl (C=O) groups excluding carboxylic acids is 1. The summed E-state index contributed by atoms with van der Waals surface area (Å²) in [5, 5.41) is 16.0. The molecule has 2 rings (SSSR count). The molecule has 6 nitrogen and oxygen atoms in total. The molecule has 1 aromatic rings. The van der Waals surface area contributed by atoms with Gasteiger partial charge in [-0.1, -0.05) is 0 Å². The first-order chi connectivity index (χ1) is 8.87. The maximum absolute atomic E-state index is 11.6. The lowest BCUT2D eigenvalue weighted by molar-refractivity contribution is 0.0452. The molecule has 1 heterocycles. The van der Waals surface area contributed by atoms with Crippen molar-refractivity contribution in [3.05, 3.63) is 18.0 Å². The highest BCUT2D eigenvalue weighted by molar-refractivity contribution is 5.68. The summed E-state index contributed by atoms with van der Waals surface area (Å²) in [6, 6.07) is 2.23. The Morgan fingerprint density at radius 2 is 2.26 bits per heavy atom. The highest BCUT2D eigenvalue weighted by atomic mass is 16.6. The van der Waals surface area contributed by atoms with Crippen molar-refractivity contribution in [3.63, 3.8) is 0 Å². The van der Waals surface area contributed by atoms with Crippen molar-refractivity contribution in [2.45, 2.75) is 57.9 Å². The second kappa shape index (κ2) is 5.21. The van der Waals surface area contributed by atoms with Gasteiger partial charge in [0.2, 0.25) is 0 Å². The minimum absolute atomic E-state index is 0.0424. The summed E-state index contributed by atoms with van der Waals surface area (Å²) < 4.78 is 7.05. The van der Waals surface area contributed by atoms with Gasteiger partial charge in [0, 0.05) is 12.2 Å². The molecule has 0 spiro atoms. The maximum Gasteiger partial charge on any atom is 0.407 e. The minimum atomic E-state index is -0.467. The molecule has 1 aliphatic rings. The number of ether oxygens (including phenoxy) is 1. The summed E-state index contributed by atoms with van der Waals surface area (Å²) in [7, 11) is 0. The third kappa shape index (κ3) is 3.70. The lowest BCUT2D eigenvalue weighted by Gasteiger charge is -2.36. The largest absolute Gasteiger partial charge is 0.444 e. The van der Waals surface area contributed by atoms with E-state index in [4.69, 9.17) is 9.84 Å². The molecule has 0 saturated heterocycles. The average molecular weight is 267 g/mol. The summed E-state index contributed by atoms with van der Waals surface area (Å²) in [5.41, 5.74) is 0.203. The van der Waals surface area contributed by atoms with Gasteiger partial charge in [0.1, 0.15) is 5.60 Å². The summed E-state index contributed by atoms with van der Waals surface area (Å²) in [6.07, 6.45) is 3.17. The highest BCUT2D eigenvalue weighted by Gasteiger charge is 2.33. The second-order valence-electron chi connectivity index (χ2n) is 5.91. The Balaban J connectivity index is 1.76. The van der Waals surface area contributed by atoms with Crippen LogP contribution in [0.3, 0.4) is 0 Å². The van der Waals surface area contributed by atoms with E-state index in [9.17, 15) is 4.79 Å². The van der Waals surface area contributed by atoms with Gasteiger partial charge in [0.15, 0.2) is 0 Å². The number of aliphatic hydroxyl groups is 1. The van der Waals surface area contributed by atoms with Crippen LogP contribution < -0.4 is 5.32 Å². The Hall–Kier alpha value is -1.56. The van der Waals surface area contributed by atoms with Gasteiger partial charge in [-0.15, -0.1) is 0 Å². The van der Waals surface area contributed by atoms with Crippen molar-refractivity contribution in [1.82, 2.24) is 15.1 Å². The molecular weight excluding hydrogens is 246 g/mol. The number of hydrogen-bond acceptors (Lipinski definition) is 4. The van der Waals surface area contributed by atoms with E-state index in [0.29, 0.717) is 11.7 Å². The molecule has 1 aromatic heterocycles. The number of rotatable bonds is 3. The van der Waals surface area contributed by atoms with Crippen LogP contribution in [-0.4, -0.2) is 32.6 Å². The molecule has 106 valence electrons. The highest BCUT2D eigenvalue weighted by Crippen LogP contribution is 2.31. The number of carbonyl (C=O) groups is 1. The van der Waals surface area contributed by atoms with Gasteiger partial charge in [-0.25, -0.2) is 4.79 Å². The molecule has 0 atom stereocenters. The fourth-order valence-electron chi connectivity index (χ4n) is 2.06. The van der Waals surface area contributed by atoms with Crippen LogP contribution >= 0.6 is 0 Å². The standard InChI is InChI=1S/C13H21N3O3/c1-13(2,3)19-12(18)14-10-6-11(7-10)16-5-4-9(8-17)15-16/h4-5,10-11,17H,6-8H2,1-3H3,(H,14,18)/t10-,11+. The minimum Gasteiger partial charge on any atom is -0.444 e. The molecule has 0 aromatic carbocycles. The van der Waals surface area contributed by atoms with Gasteiger partial charge >= 0.3 is 6.09 Å².